The molecule has 1 aromatic carbocycles. The zero-order chi connectivity index (χ0) is 21.3. The largest absolute Gasteiger partial charge is 0.436 e. The maximum atomic E-state index is 13.3. The van der Waals surface area contributed by atoms with Gasteiger partial charge >= 0.3 is 6.18 Å². The Bertz CT molecular complexity index is 1040. The van der Waals surface area contributed by atoms with Crippen LogP contribution in [0.4, 0.5) is 23.2 Å². The average Bonchev–Trinajstić information content (AvgIpc) is 3.19. The molecule has 1 unspecified atom stereocenters. The van der Waals surface area contributed by atoms with E-state index in [1.807, 2.05) is 0 Å². The second-order valence-corrected chi connectivity index (χ2v) is 7.21. The summed E-state index contributed by atoms with van der Waals surface area (Å²) in [5.41, 5.74) is 0.147. The van der Waals surface area contributed by atoms with Gasteiger partial charge in [-0.15, -0.1) is 0 Å². The number of nitrogens with zero attached hydrogens (tertiary/aromatic N) is 4. The highest BCUT2D eigenvalue weighted by Gasteiger charge is 2.39. The molecule has 0 aliphatic carbocycles. The van der Waals surface area contributed by atoms with Crippen molar-refractivity contribution < 1.29 is 22.4 Å². The monoisotopic (exact) mass is 473 g/mol. The first-order chi connectivity index (χ1) is 13.6. The number of hydrogen-bond acceptors (Lipinski definition) is 3. The smallest absolute Gasteiger partial charge is 0.322 e. The quantitative estimate of drug-likeness (QED) is 0.552. The van der Waals surface area contributed by atoms with Gasteiger partial charge in [0.25, 0.3) is 0 Å². The first-order valence-electron chi connectivity index (χ1n) is 8.46. The molecule has 0 spiro atoms. The van der Waals surface area contributed by atoms with Crippen molar-refractivity contribution in [2.24, 2.45) is 0 Å². The van der Waals surface area contributed by atoms with Crippen LogP contribution in [0.3, 0.4) is 0 Å². The van der Waals surface area contributed by atoms with Gasteiger partial charge in [-0.05, 0) is 47.5 Å². The van der Waals surface area contributed by atoms with Gasteiger partial charge in [-0.1, -0.05) is 12.1 Å². The molecule has 2 heterocycles. The Balaban J connectivity index is 1.72. The molecule has 0 saturated heterocycles. The van der Waals surface area contributed by atoms with Gasteiger partial charge in [-0.2, -0.15) is 23.4 Å². The van der Waals surface area contributed by atoms with Crippen LogP contribution in [0, 0.1) is 12.7 Å². The summed E-state index contributed by atoms with van der Waals surface area (Å²) in [6.07, 6.45) is -1.69. The predicted molar refractivity (Wildman–Crippen MR) is 101 cm³/mol. The Morgan fingerprint density at radius 1 is 1.34 bits per heavy atom. The fourth-order valence-corrected chi connectivity index (χ4v) is 3.24. The highest BCUT2D eigenvalue weighted by atomic mass is 79.9. The lowest BCUT2D eigenvalue weighted by Crippen LogP contribution is -2.25. The van der Waals surface area contributed by atoms with Crippen LogP contribution in [-0.4, -0.2) is 25.5 Å². The molecule has 1 atom stereocenters. The molecule has 1 amide bonds. The van der Waals surface area contributed by atoms with E-state index in [4.69, 9.17) is 0 Å². The topological polar surface area (TPSA) is 64.7 Å². The van der Waals surface area contributed by atoms with Crippen molar-refractivity contribution in [2.45, 2.75) is 32.6 Å². The number of anilines is 1. The maximum Gasteiger partial charge on any atom is 0.436 e. The van der Waals surface area contributed by atoms with Gasteiger partial charge in [0.2, 0.25) is 5.91 Å². The van der Waals surface area contributed by atoms with Crippen molar-refractivity contribution >= 4 is 27.5 Å². The first kappa shape index (κ1) is 21.0. The zero-order valence-corrected chi connectivity index (χ0v) is 16.9. The molecule has 29 heavy (non-hydrogen) atoms. The molecule has 3 aromatic rings. The third-order valence-electron chi connectivity index (χ3n) is 4.23. The number of hydrogen-bond donors (Lipinski definition) is 1. The molecule has 0 fully saturated rings. The molecule has 2 aromatic heterocycles. The van der Waals surface area contributed by atoms with Crippen LogP contribution in [0.25, 0.3) is 0 Å². The Morgan fingerprint density at radius 3 is 2.69 bits per heavy atom. The summed E-state index contributed by atoms with van der Waals surface area (Å²) in [4.78, 5) is 12.5. The van der Waals surface area contributed by atoms with Crippen LogP contribution in [0.15, 0.2) is 41.1 Å². The fraction of sp³-hybridized carbons (Fsp3) is 0.278. The van der Waals surface area contributed by atoms with Crippen LogP contribution >= 0.6 is 15.9 Å². The molecule has 1 N–H and O–H groups in total. The van der Waals surface area contributed by atoms with E-state index in [2.05, 4.69) is 31.4 Å². The van der Waals surface area contributed by atoms with E-state index in [-0.39, 0.29) is 16.0 Å². The minimum atomic E-state index is -4.64. The number of nitrogens with one attached hydrogen (secondary N) is 1. The standard InChI is InChI=1S/C18H16BrF4N5O/c1-10-15(19)16(18(21,22)23)26-28(10)11(2)17(29)25-14-7-24-27(9-14)8-12-4-3-5-13(20)6-12/h3-7,9,11H,8H2,1-2H3,(H,25,29). The second-order valence-electron chi connectivity index (χ2n) is 6.41. The molecule has 0 saturated carbocycles. The van der Waals surface area contributed by atoms with Gasteiger partial charge in [0.1, 0.15) is 11.9 Å². The zero-order valence-electron chi connectivity index (χ0n) is 15.3. The van der Waals surface area contributed by atoms with E-state index in [0.717, 1.165) is 4.68 Å². The Morgan fingerprint density at radius 2 is 2.07 bits per heavy atom. The summed E-state index contributed by atoms with van der Waals surface area (Å²) >= 11 is 2.89. The third kappa shape index (κ3) is 4.66. The van der Waals surface area contributed by atoms with Crippen LogP contribution in [0.2, 0.25) is 0 Å². The second kappa shape index (κ2) is 7.97. The molecule has 0 aliphatic heterocycles. The summed E-state index contributed by atoms with van der Waals surface area (Å²) in [5, 5.41) is 10.2. The van der Waals surface area contributed by atoms with Gasteiger partial charge in [0.15, 0.2) is 5.69 Å². The van der Waals surface area contributed by atoms with E-state index in [1.54, 1.807) is 18.3 Å². The van der Waals surface area contributed by atoms with Gasteiger partial charge in [-0.25, -0.2) is 4.39 Å². The Labute approximate surface area is 171 Å². The Kier molecular flexibility index (Phi) is 5.78. The van der Waals surface area contributed by atoms with Gasteiger partial charge < -0.3 is 5.32 Å². The molecular weight excluding hydrogens is 458 g/mol. The number of carbonyl (C=O) groups is 1. The number of benzene rings is 1. The third-order valence-corrected chi connectivity index (χ3v) is 5.18. The minimum absolute atomic E-state index is 0.182. The van der Waals surface area contributed by atoms with Crippen molar-refractivity contribution in [3.8, 4) is 0 Å². The molecule has 3 rings (SSSR count). The van der Waals surface area contributed by atoms with E-state index >= 15 is 0 Å². The van der Waals surface area contributed by atoms with Crippen molar-refractivity contribution in [3.63, 3.8) is 0 Å². The van der Waals surface area contributed by atoms with E-state index in [9.17, 15) is 22.4 Å². The molecule has 11 heteroatoms. The number of amides is 1. The lowest BCUT2D eigenvalue weighted by atomic mass is 10.2. The summed E-state index contributed by atoms with van der Waals surface area (Å²) < 4.78 is 54.6. The van der Waals surface area contributed by atoms with Crippen LogP contribution in [0.1, 0.15) is 29.9 Å². The van der Waals surface area contributed by atoms with Crippen LogP contribution in [-0.2, 0) is 17.5 Å². The number of rotatable bonds is 5. The van der Waals surface area contributed by atoms with Gasteiger partial charge in [0.05, 0.1) is 28.6 Å². The number of alkyl halides is 3. The van der Waals surface area contributed by atoms with Gasteiger partial charge in [0, 0.05) is 6.20 Å². The molecule has 6 nitrogen and oxygen atoms in total. The molecule has 0 bridgehead atoms. The van der Waals surface area contributed by atoms with E-state index in [0.29, 0.717) is 17.8 Å². The van der Waals surface area contributed by atoms with Crippen molar-refractivity contribution in [3.05, 3.63) is 63.9 Å². The molecule has 0 radical (unpaired) electrons. The minimum Gasteiger partial charge on any atom is -0.322 e. The van der Waals surface area contributed by atoms with Gasteiger partial charge in [-0.3, -0.25) is 14.2 Å². The van der Waals surface area contributed by atoms with Crippen molar-refractivity contribution in [1.29, 1.82) is 0 Å². The normalized spacial score (nSPS) is 12.8. The lowest BCUT2D eigenvalue weighted by molar-refractivity contribution is -0.142. The predicted octanol–water partition coefficient (Wildman–Crippen LogP) is 4.56. The number of halogens is 5. The molecular formula is C18H16BrF4N5O. The summed E-state index contributed by atoms with van der Waals surface area (Å²) in [5.74, 6) is -0.918. The van der Waals surface area contributed by atoms with E-state index in [1.165, 1.54) is 36.9 Å². The van der Waals surface area contributed by atoms with Crippen molar-refractivity contribution in [1.82, 2.24) is 19.6 Å². The van der Waals surface area contributed by atoms with Crippen LogP contribution < -0.4 is 5.32 Å². The lowest BCUT2D eigenvalue weighted by Gasteiger charge is -2.13. The molecule has 154 valence electrons. The highest BCUT2D eigenvalue weighted by molar-refractivity contribution is 9.10. The summed E-state index contributed by atoms with van der Waals surface area (Å²) in [7, 11) is 0. The van der Waals surface area contributed by atoms with Crippen molar-refractivity contribution in [2.75, 3.05) is 5.32 Å². The average molecular weight is 474 g/mol. The number of carbonyl (C=O) groups excluding carboxylic acids is 1. The summed E-state index contributed by atoms with van der Waals surface area (Å²) in [6.45, 7) is 3.18. The Hall–Kier alpha value is -2.69. The number of aromatic nitrogens is 4. The summed E-state index contributed by atoms with van der Waals surface area (Å²) in [6, 6.07) is 5.03. The molecule has 0 aliphatic rings. The first-order valence-corrected chi connectivity index (χ1v) is 9.25. The fourth-order valence-electron chi connectivity index (χ4n) is 2.75. The SMILES string of the molecule is Cc1c(Br)c(C(F)(F)F)nn1C(C)C(=O)Nc1cnn(Cc2cccc(F)c2)c1. The van der Waals surface area contributed by atoms with Crippen LogP contribution in [0.5, 0.6) is 0 Å². The van der Waals surface area contributed by atoms with E-state index < -0.39 is 23.8 Å². The maximum absolute atomic E-state index is 13.3. The highest BCUT2D eigenvalue weighted by Crippen LogP contribution is 2.36.